The zero-order valence-electron chi connectivity index (χ0n) is 8.51. The molecule has 2 nitrogen and oxygen atoms in total. The predicted molar refractivity (Wildman–Crippen MR) is 48.9 cm³/mol. The van der Waals surface area contributed by atoms with Crippen LogP contribution >= 0.6 is 0 Å². The summed E-state index contributed by atoms with van der Waals surface area (Å²) in [6, 6.07) is 4.38. The van der Waals surface area contributed by atoms with Crippen molar-refractivity contribution in [2.45, 2.75) is 12.4 Å². The van der Waals surface area contributed by atoms with Crippen LogP contribution in [0.15, 0.2) is 36.1 Å². The van der Waals surface area contributed by atoms with E-state index in [1.54, 1.807) is 0 Å². The highest BCUT2D eigenvalue weighted by atomic mass is 19.4. The highest BCUT2D eigenvalue weighted by Crippen LogP contribution is 2.35. The standard InChI is InChI=1S/C10H6F6O2/c11-9(12,13)5-8(10(14,15)16)18-7-4-2-1-3-6(7)17/h1-5,17H. The van der Waals surface area contributed by atoms with Gasteiger partial charge in [-0.15, -0.1) is 0 Å². The third kappa shape index (κ3) is 4.19. The second-order valence-corrected chi connectivity index (χ2v) is 3.12. The van der Waals surface area contributed by atoms with Gasteiger partial charge in [-0.05, 0) is 12.1 Å². The van der Waals surface area contributed by atoms with E-state index in [1.165, 1.54) is 12.1 Å². The van der Waals surface area contributed by atoms with Gasteiger partial charge in [0.25, 0.3) is 0 Å². The number of aromatic hydroxyl groups is 1. The number of phenolic OH excluding ortho intramolecular Hbond substituents is 1. The largest absolute Gasteiger partial charge is 0.504 e. The van der Waals surface area contributed by atoms with Crippen LogP contribution in [0.5, 0.6) is 11.5 Å². The summed E-state index contributed by atoms with van der Waals surface area (Å²) in [6.45, 7) is 0. The number of halogens is 6. The van der Waals surface area contributed by atoms with E-state index >= 15 is 0 Å². The Morgan fingerprint density at radius 2 is 1.61 bits per heavy atom. The summed E-state index contributed by atoms with van der Waals surface area (Å²) in [6.07, 6.45) is -11.5. The first-order valence-electron chi connectivity index (χ1n) is 4.42. The number of rotatable bonds is 2. The van der Waals surface area contributed by atoms with E-state index in [0.717, 1.165) is 12.1 Å². The Morgan fingerprint density at radius 3 is 2.06 bits per heavy atom. The number of hydrogen-bond acceptors (Lipinski definition) is 2. The molecule has 100 valence electrons. The lowest BCUT2D eigenvalue weighted by atomic mass is 10.3. The lowest BCUT2D eigenvalue weighted by Crippen LogP contribution is -2.20. The molecule has 0 saturated heterocycles. The van der Waals surface area contributed by atoms with Crippen molar-refractivity contribution in [1.29, 1.82) is 0 Å². The Bertz CT molecular complexity index is 446. The minimum Gasteiger partial charge on any atom is -0.504 e. The maximum absolute atomic E-state index is 12.3. The third-order valence-corrected chi connectivity index (χ3v) is 1.66. The van der Waals surface area contributed by atoms with Crippen LogP contribution < -0.4 is 4.74 Å². The van der Waals surface area contributed by atoms with Crippen LogP contribution in [0.3, 0.4) is 0 Å². The molecule has 1 N–H and O–H groups in total. The van der Waals surface area contributed by atoms with Gasteiger partial charge in [-0.2, -0.15) is 26.3 Å². The minimum atomic E-state index is -5.32. The van der Waals surface area contributed by atoms with Gasteiger partial charge in [0.15, 0.2) is 11.5 Å². The van der Waals surface area contributed by atoms with Gasteiger partial charge in [0.05, 0.1) is 6.08 Å². The third-order valence-electron chi connectivity index (χ3n) is 1.66. The Balaban J connectivity index is 3.09. The first-order chi connectivity index (χ1) is 8.09. The molecule has 0 fully saturated rings. The van der Waals surface area contributed by atoms with Crippen LogP contribution in [-0.2, 0) is 0 Å². The highest BCUT2D eigenvalue weighted by Gasteiger charge is 2.41. The van der Waals surface area contributed by atoms with Crippen molar-refractivity contribution in [2.75, 3.05) is 0 Å². The number of hydrogen-bond donors (Lipinski definition) is 1. The number of benzene rings is 1. The molecule has 0 amide bonds. The van der Waals surface area contributed by atoms with Crippen molar-refractivity contribution in [3.8, 4) is 11.5 Å². The molecule has 0 atom stereocenters. The van der Waals surface area contributed by atoms with Crippen molar-refractivity contribution in [3.05, 3.63) is 36.1 Å². The first-order valence-corrected chi connectivity index (χ1v) is 4.42. The van der Waals surface area contributed by atoms with Crippen LogP contribution in [0.1, 0.15) is 0 Å². The predicted octanol–water partition coefficient (Wildman–Crippen LogP) is 3.78. The molecule has 0 saturated carbocycles. The average Bonchev–Trinajstić information content (AvgIpc) is 2.17. The Hall–Kier alpha value is -1.86. The minimum absolute atomic E-state index is 0.699. The SMILES string of the molecule is Oc1ccccc1OC(=CC(F)(F)F)C(F)(F)F. The van der Waals surface area contributed by atoms with E-state index in [4.69, 9.17) is 5.11 Å². The Kier molecular flexibility index (Phi) is 3.78. The van der Waals surface area contributed by atoms with Crippen molar-refractivity contribution in [1.82, 2.24) is 0 Å². The maximum atomic E-state index is 12.3. The Morgan fingerprint density at radius 1 is 1.06 bits per heavy atom. The number of phenols is 1. The molecule has 0 radical (unpaired) electrons. The van der Waals surface area contributed by atoms with Crippen LogP contribution in [0.2, 0.25) is 0 Å². The molecule has 0 aliphatic rings. The first kappa shape index (κ1) is 14.2. The number of alkyl halides is 6. The fraction of sp³-hybridized carbons (Fsp3) is 0.200. The lowest BCUT2D eigenvalue weighted by Gasteiger charge is -2.14. The number of allylic oxidation sites excluding steroid dienone is 2. The molecule has 0 spiro atoms. The summed E-state index contributed by atoms with van der Waals surface area (Å²) in [5.41, 5.74) is 0. The molecule has 18 heavy (non-hydrogen) atoms. The fourth-order valence-corrected chi connectivity index (χ4v) is 0.980. The molecule has 1 rings (SSSR count). The van der Waals surface area contributed by atoms with Gasteiger partial charge in [-0.3, -0.25) is 0 Å². The average molecular weight is 272 g/mol. The number of ether oxygens (including phenoxy) is 1. The Labute approximate surface area is 97.1 Å². The van der Waals surface area contributed by atoms with Crippen LogP contribution in [0, 0.1) is 0 Å². The molecular formula is C10H6F6O2. The summed E-state index contributed by atoms with van der Waals surface area (Å²) >= 11 is 0. The van der Waals surface area contributed by atoms with E-state index in [2.05, 4.69) is 4.74 Å². The molecule has 8 heteroatoms. The monoisotopic (exact) mass is 272 g/mol. The fourth-order valence-electron chi connectivity index (χ4n) is 0.980. The summed E-state index contributed by atoms with van der Waals surface area (Å²) in [7, 11) is 0. The second-order valence-electron chi connectivity index (χ2n) is 3.12. The second kappa shape index (κ2) is 4.79. The summed E-state index contributed by atoms with van der Waals surface area (Å²) in [5, 5.41) is 9.12. The van der Waals surface area contributed by atoms with Gasteiger partial charge >= 0.3 is 12.4 Å². The summed E-state index contributed by atoms with van der Waals surface area (Å²) in [4.78, 5) is 0. The van der Waals surface area contributed by atoms with Crippen LogP contribution in [0.25, 0.3) is 0 Å². The molecule has 1 aromatic carbocycles. The van der Waals surface area contributed by atoms with Gasteiger partial charge in [0.1, 0.15) is 0 Å². The van der Waals surface area contributed by atoms with E-state index < -0.39 is 35.7 Å². The molecule has 0 bridgehead atoms. The van der Waals surface area contributed by atoms with Gasteiger partial charge in [0, 0.05) is 0 Å². The molecular weight excluding hydrogens is 266 g/mol. The smallest absolute Gasteiger partial charge is 0.449 e. The quantitative estimate of drug-likeness (QED) is 0.655. The summed E-state index contributed by atoms with van der Waals surface area (Å²) in [5.74, 6) is -3.67. The molecule has 0 aliphatic carbocycles. The zero-order valence-corrected chi connectivity index (χ0v) is 8.51. The van der Waals surface area contributed by atoms with E-state index in [0.29, 0.717) is 0 Å². The van der Waals surface area contributed by atoms with Crippen molar-refractivity contribution in [2.24, 2.45) is 0 Å². The lowest BCUT2D eigenvalue weighted by molar-refractivity contribution is -0.128. The summed E-state index contributed by atoms with van der Waals surface area (Å²) < 4.78 is 76.7. The highest BCUT2D eigenvalue weighted by molar-refractivity contribution is 5.39. The molecule has 0 aromatic heterocycles. The van der Waals surface area contributed by atoms with E-state index in [-0.39, 0.29) is 0 Å². The number of para-hydroxylation sites is 2. The maximum Gasteiger partial charge on any atom is 0.449 e. The van der Waals surface area contributed by atoms with Gasteiger partial charge in [-0.1, -0.05) is 12.1 Å². The molecule has 1 aromatic rings. The van der Waals surface area contributed by atoms with Crippen LogP contribution in [-0.4, -0.2) is 17.5 Å². The van der Waals surface area contributed by atoms with Crippen molar-refractivity contribution in [3.63, 3.8) is 0 Å². The van der Waals surface area contributed by atoms with Gasteiger partial charge in [0.2, 0.25) is 5.76 Å². The topological polar surface area (TPSA) is 29.5 Å². The molecule has 0 heterocycles. The van der Waals surface area contributed by atoms with Gasteiger partial charge < -0.3 is 9.84 Å². The van der Waals surface area contributed by atoms with E-state index in [9.17, 15) is 26.3 Å². The molecule has 0 aliphatic heterocycles. The van der Waals surface area contributed by atoms with Crippen molar-refractivity contribution < 1.29 is 36.2 Å². The van der Waals surface area contributed by atoms with E-state index in [1.807, 2.05) is 0 Å². The zero-order chi connectivity index (χ0) is 14.0. The molecule has 0 unspecified atom stereocenters. The normalized spacial score (nSPS) is 13.6. The van der Waals surface area contributed by atoms with Crippen molar-refractivity contribution >= 4 is 0 Å². The van der Waals surface area contributed by atoms with Gasteiger partial charge in [-0.25, -0.2) is 0 Å². The van der Waals surface area contributed by atoms with Crippen LogP contribution in [0.4, 0.5) is 26.3 Å².